The predicted octanol–water partition coefficient (Wildman–Crippen LogP) is 2.12. The summed E-state index contributed by atoms with van der Waals surface area (Å²) < 4.78 is 28.0. The van der Waals surface area contributed by atoms with Gasteiger partial charge in [-0.05, 0) is 29.8 Å². The van der Waals surface area contributed by atoms with E-state index in [9.17, 15) is 28.1 Å². The third-order valence-corrected chi connectivity index (χ3v) is 4.92. The van der Waals surface area contributed by atoms with E-state index in [0.29, 0.717) is 5.02 Å². The molecule has 0 fully saturated rings. The SMILES string of the molecule is CS(=O)(=O)c1ccc(C(=O)OCC(=O)NCc2ccc(Cl)cc2)cc1[N+](=O)[O-]. The monoisotopic (exact) mass is 426 g/mol. The molecule has 9 nitrogen and oxygen atoms in total. The molecule has 0 radical (unpaired) electrons. The first-order valence-electron chi connectivity index (χ1n) is 7.74. The molecule has 0 atom stereocenters. The van der Waals surface area contributed by atoms with Crippen molar-refractivity contribution in [3.63, 3.8) is 0 Å². The Kier molecular flexibility index (Phi) is 6.71. The van der Waals surface area contributed by atoms with Crippen molar-refractivity contribution in [1.29, 1.82) is 0 Å². The molecule has 0 saturated heterocycles. The minimum atomic E-state index is -3.85. The molecule has 11 heteroatoms. The zero-order valence-electron chi connectivity index (χ0n) is 14.5. The van der Waals surface area contributed by atoms with E-state index in [-0.39, 0.29) is 12.1 Å². The fourth-order valence-corrected chi connectivity index (χ4v) is 3.12. The number of carbonyl (C=O) groups excluding carboxylic acids is 2. The summed E-state index contributed by atoms with van der Waals surface area (Å²) in [5.74, 6) is -1.57. The van der Waals surface area contributed by atoms with Crippen LogP contribution in [0, 0.1) is 10.1 Å². The Morgan fingerprint density at radius 1 is 1.18 bits per heavy atom. The average Bonchev–Trinajstić information content (AvgIpc) is 2.64. The Bertz CT molecular complexity index is 1020. The summed E-state index contributed by atoms with van der Waals surface area (Å²) in [5, 5.41) is 14.2. The minimum Gasteiger partial charge on any atom is -0.452 e. The molecule has 0 bridgehead atoms. The van der Waals surface area contributed by atoms with Crippen LogP contribution in [-0.4, -0.2) is 38.1 Å². The number of rotatable bonds is 7. The molecule has 0 aliphatic carbocycles. The Balaban J connectivity index is 1.98. The summed E-state index contributed by atoms with van der Waals surface area (Å²) in [4.78, 5) is 33.4. The van der Waals surface area contributed by atoms with E-state index in [2.05, 4.69) is 5.32 Å². The number of nitrogens with zero attached hydrogens (tertiary/aromatic N) is 1. The minimum absolute atomic E-state index is 0.197. The average molecular weight is 427 g/mol. The topological polar surface area (TPSA) is 133 Å². The van der Waals surface area contributed by atoms with Crippen LogP contribution in [0.5, 0.6) is 0 Å². The third kappa shape index (κ3) is 5.76. The number of nitrogens with one attached hydrogen (secondary N) is 1. The molecule has 2 rings (SSSR count). The molecule has 0 saturated carbocycles. The van der Waals surface area contributed by atoms with Crippen LogP contribution in [0.15, 0.2) is 47.4 Å². The molecule has 148 valence electrons. The highest BCUT2D eigenvalue weighted by molar-refractivity contribution is 7.90. The lowest BCUT2D eigenvalue weighted by molar-refractivity contribution is -0.387. The Hall–Kier alpha value is -2.98. The first kappa shape index (κ1) is 21.3. The van der Waals surface area contributed by atoms with Crippen LogP contribution >= 0.6 is 11.6 Å². The van der Waals surface area contributed by atoms with Crippen molar-refractivity contribution >= 4 is 39.0 Å². The molecule has 0 aliphatic rings. The number of halogens is 1. The maximum Gasteiger partial charge on any atom is 0.338 e. The van der Waals surface area contributed by atoms with Crippen LogP contribution in [0.3, 0.4) is 0 Å². The van der Waals surface area contributed by atoms with Crippen LogP contribution in [0.4, 0.5) is 5.69 Å². The van der Waals surface area contributed by atoms with Gasteiger partial charge in [0.2, 0.25) is 0 Å². The molecular weight excluding hydrogens is 412 g/mol. The number of amides is 1. The first-order valence-corrected chi connectivity index (χ1v) is 10.0. The van der Waals surface area contributed by atoms with Crippen molar-refractivity contribution in [2.75, 3.05) is 12.9 Å². The number of nitro benzene ring substituents is 1. The molecule has 1 N–H and O–H groups in total. The second-order valence-corrected chi connectivity index (χ2v) is 8.11. The number of hydrogen-bond donors (Lipinski definition) is 1. The van der Waals surface area contributed by atoms with Crippen molar-refractivity contribution in [3.8, 4) is 0 Å². The summed E-state index contributed by atoms with van der Waals surface area (Å²) in [7, 11) is -3.85. The summed E-state index contributed by atoms with van der Waals surface area (Å²) in [6.07, 6.45) is 0.818. The van der Waals surface area contributed by atoms with Gasteiger partial charge in [0.15, 0.2) is 16.4 Å². The Morgan fingerprint density at radius 2 is 1.82 bits per heavy atom. The number of esters is 1. The lowest BCUT2D eigenvalue weighted by Gasteiger charge is -2.08. The summed E-state index contributed by atoms with van der Waals surface area (Å²) in [6.45, 7) is -0.407. The van der Waals surface area contributed by atoms with Gasteiger partial charge in [0, 0.05) is 23.9 Å². The molecule has 0 heterocycles. The van der Waals surface area contributed by atoms with Crippen molar-refractivity contribution in [2.45, 2.75) is 11.4 Å². The number of sulfone groups is 1. The molecule has 1 amide bonds. The quantitative estimate of drug-likeness (QED) is 0.407. The largest absolute Gasteiger partial charge is 0.452 e. The van der Waals surface area contributed by atoms with Crippen LogP contribution in [0.1, 0.15) is 15.9 Å². The number of carbonyl (C=O) groups is 2. The second kappa shape index (κ2) is 8.81. The first-order chi connectivity index (χ1) is 13.1. The number of nitro groups is 1. The highest BCUT2D eigenvalue weighted by atomic mass is 35.5. The van der Waals surface area contributed by atoms with E-state index < -0.39 is 43.8 Å². The van der Waals surface area contributed by atoms with Crippen LogP contribution < -0.4 is 5.32 Å². The van der Waals surface area contributed by atoms with Gasteiger partial charge < -0.3 is 10.1 Å². The molecule has 0 aliphatic heterocycles. The van der Waals surface area contributed by atoms with Gasteiger partial charge in [0.1, 0.15) is 4.90 Å². The van der Waals surface area contributed by atoms with E-state index in [1.165, 1.54) is 0 Å². The van der Waals surface area contributed by atoms with E-state index in [4.69, 9.17) is 16.3 Å². The predicted molar refractivity (Wildman–Crippen MR) is 99.8 cm³/mol. The summed E-state index contributed by atoms with van der Waals surface area (Å²) in [6, 6.07) is 9.59. The second-order valence-electron chi connectivity index (χ2n) is 5.69. The van der Waals surface area contributed by atoms with Crippen molar-refractivity contribution in [3.05, 3.63) is 68.7 Å². The highest BCUT2D eigenvalue weighted by Crippen LogP contribution is 2.25. The zero-order valence-corrected chi connectivity index (χ0v) is 16.1. The number of hydrogen-bond acceptors (Lipinski definition) is 7. The van der Waals surface area contributed by atoms with Crippen LogP contribution in [0.25, 0.3) is 0 Å². The molecular formula is C17H15ClN2O7S. The molecule has 2 aromatic carbocycles. The van der Waals surface area contributed by atoms with Gasteiger partial charge >= 0.3 is 5.97 Å². The van der Waals surface area contributed by atoms with Gasteiger partial charge in [-0.2, -0.15) is 0 Å². The fourth-order valence-electron chi connectivity index (χ4n) is 2.17. The van der Waals surface area contributed by atoms with E-state index in [0.717, 1.165) is 30.0 Å². The van der Waals surface area contributed by atoms with Gasteiger partial charge in [-0.25, -0.2) is 13.2 Å². The highest BCUT2D eigenvalue weighted by Gasteiger charge is 2.24. The summed E-state index contributed by atoms with van der Waals surface area (Å²) >= 11 is 5.76. The van der Waals surface area contributed by atoms with Gasteiger partial charge in [-0.1, -0.05) is 23.7 Å². The Morgan fingerprint density at radius 3 is 2.39 bits per heavy atom. The van der Waals surface area contributed by atoms with E-state index in [1.807, 2.05) is 0 Å². The standard InChI is InChI=1S/C17H15ClN2O7S/c1-28(25,26)15-7-4-12(8-14(15)20(23)24)17(22)27-10-16(21)19-9-11-2-5-13(18)6-3-11/h2-8H,9-10H2,1H3,(H,19,21). The number of benzene rings is 2. The third-order valence-electron chi connectivity index (χ3n) is 3.53. The van der Waals surface area contributed by atoms with Gasteiger partial charge in [0.05, 0.1) is 10.5 Å². The lowest BCUT2D eigenvalue weighted by Crippen LogP contribution is -2.28. The molecule has 0 aromatic heterocycles. The zero-order chi connectivity index (χ0) is 20.9. The molecule has 0 spiro atoms. The van der Waals surface area contributed by atoms with Gasteiger partial charge in [0.25, 0.3) is 11.6 Å². The van der Waals surface area contributed by atoms with Crippen LogP contribution in [0.2, 0.25) is 5.02 Å². The van der Waals surface area contributed by atoms with Gasteiger partial charge in [-0.15, -0.1) is 0 Å². The molecule has 2 aromatic rings. The van der Waals surface area contributed by atoms with Crippen molar-refractivity contribution < 1.29 is 27.7 Å². The summed E-state index contributed by atoms with van der Waals surface area (Å²) in [5.41, 5.74) is -0.204. The van der Waals surface area contributed by atoms with Crippen LogP contribution in [-0.2, 0) is 25.9 Å². The van der Waals surface area contributed by atoms with E-state index in [1.54, 1.807) is 24.3 Å². The molecule has 0 unspecified atom stereocenters. The maximum absolute atomic E-state index is 12.0. The number of ether oxygens (including phenoxy) is 1. The van der Waals surface area contributed by atoms with Crippen molar-refractivity contribution in [1.82, 2.24) is 5.32 Å². The van der Waals surface area contributed by atoms with Crippen molar-refractivity contribution in [2.24, 2.45) is 0 Å². The van der Waals surface area contributed by atoms with E-state index >= 15 is 0 Å². The molecule has 28 heavy (non-hydrogen) atoms. The lowest BCUT2D eigenvalue weighted by atomic mass is 10.2. The smallest absolute Gasteiger partial charge is 0.338 e. The fraction of sp³-hybridized carbons (Fsp3) is 0.176. The van der Waals surface area contributed by atoms with Gasteiger partial charge in [-0.3, -0.25) is 14.9 Å². The Labute approximate surface area is 165 Å². The maximum atomic E-state index is 12.0. The normalized spacial score (nSPS) is 10.9.